The van der Waals surface area contributed by atoms with Crippen molar-refractivity contribution in [1.82, 2.24) is 5.32 Å². The Bertz CT molecular complexity index is 661. The van der Waals surface area contributed by atoms with Crippen LogP contribution in [0.15, 0.2) is 34.7 Å². The molecule has 110 valence electrons. The molecule has 3 rings (SSSR count). The second kappa shape index (κ2) is 5.64. The standard InChI is InChI=1S/C17H20N2O2/c1-11-8-9-16(21-11)12(2)19-17(20)14-5-3-7-15-13(14)6-4-10-18-15/h3,5,7-9,12,18H,4,6,10H2,1-2H3,(H,19,20). The van der Waals surface area contributed by atoms with E-state index in [4.69, 9.17) is 4.42 Å². The lowest BCUT2D eigenvalue weighted by molar-refractivity contribution is 0.0934. The molecule has 1 unspecified atom stereocenters. The Morgan fingerprint density at radius 1 is 1.33 bits per heavy atom. The van der Waals surface area contributed by atoms with Gasteiger partial charge in [-0.15, -0.1) is 0 Å². The number of carbonyl (C=O) groups excluding carboxylic acids is 1. The highest BCUT2D eigenvalue weighted by molar-refractivity contribution is 5.97. The lowest BCUT2D eigenvalue weighted by Gasteiger charge is -2.21. The summed E-state index contributed by atoms with van der Waals surface area (Å²) in [6.45, 7) is 4.81. The molecule has 0 saturated heterocycles. The van der Waals surface area contributed by atoms with Crippen LogP contribution in [0.4, 0.5) is 5.69 Å². The molecule has 1 aliphatic rings. The molecular weight excluding hydrogens is 264 g/mol. The van der Waals surface area contributed by atoms with E-state index in [1.54, 1.807) is 0 Å². The Balaban J connectivity index is 1.79. The molecule has 2 aromatic rings. The van der Waals surface area contributed by atoms with Crippen LogP contribution in [0, 0.1) is 6.92 Å². The van der Waals surface area contributed by atoms with Gasteiger partial charge in [-0.25, -0.2) is 0 Å². The van der Waals surface area contributed by atoms with Crippen molar-refractivity contribution in [2.75, 3.05) is 11.9 Å². The molecule has 4 heteroatoms. The summed E-state index contributed by atoms with van der Waals surface area (Å²) in [5.41, 5.74) is 2.95. The van der Waals surface area contributed by atoms with Crippen LogP contribution >= 0.6 is 0 Å². The molecule has 0 aliphatic carbocycles. The zero-order chi connectivity index (χ0) is 14.8. The van der Waals surface area contributed by atoms with Gasteiger partial charge in [-0.1, -0.05) is 6.07 Å². The minimum atomic E-state index is -0.140. The van der Waals surface area contributed by atoms with Crippen molar-refractivity contribution in [1.29, 1.82) is 0 Å². The maximum Gasteiger partial charge on any atom is 0.252 e. The average molecular weight is 284 g/mol. The second-order valence-corrected chi connectivity index (χ2v) is 5.51. The van der Waals surface area contributed by atoms with E-state index in [1.807, 2.05) is 44.2 Å². The van der Waals surface area contributed by atoms with Crippen LogP contribution in [0.2, 0.25) is 0 Å². The van der Waals surface area contributed by atoms with Crippen LogP contribution in [-0.4, -0.2) is 12.5 Å². The highest BCUT2D eigenvalue weighted by atomic mass is 16.3. The molecule has 0 spiro atoms. The Labute approximate surface area is 124 Å². The first-order valence-electron chi connectivity index (χ1n) is 7.38. The van der Waals surface area contributed by atoms with E-state index >= 15 is 0 Å². The highest BCUT2D eigenvalue weighted by Crippen LogP contribution is 2.26. The fourth-order valence-corrected chi connectivity index (χ4v) is 2.75. The molecule has 0 radical (unpaired) electrons. The summed E-state index contributed by atoms with van der Waals surface area (Å²) >= 11 is 0. The van der Waals surface area contributed by atoms with Crippen molar-refractivity contribution in [3.8, 4) is 0 Å². The van der Waals surface area contributed by atoms with Crippen molar-refractivity contribution in [2.24, 2.45) is 0 Å². The fourth-order valence-electron chi connectivity index (χ4n) is 2.75. The van der Waals surface area contributed by atoms with E-state index in [0.29, 0.717) is 0 Å². The second-order valence-electron chi connectivity index (χ2n) is 5.51. The lowest BCUT2D eigenvalue weighted by Crippen LogP contribution is -2.28. The van der Waals surface area contributed by atoms with Crippen molar-refractivity contribution in [2.45, 2.75) is 32.7 Å². The highest BCUT2D eigenvalue weighted by Gasteiger charge is 2.19. The first-order chi connectivity index (χ1) is 10.1. The number of aryl methyl sites for hydroxylation is 1. The van der Waals surface area contributed by atoms with E-state index < -0.39 is 0 Å². The summed E-state index contributed by atoms with van der Waals surface area (Å²) in [7, 11) is 0. The molecule has 0 bridgehead atoms. The van der Waals surface area contributed by atoms with Crippen LogP contribution in [0.25, 0.3) is 0 Å². The van der Waals surface area contributed by atoms with Crippen LogP contribution in [0.3, 0.4) is 0 Å². The quantitative estimate of drug-likeness (QED) is 0.907. The van der Waals surface area contributed by atoms with E-state index in [0.717, 1.165) is 47.7 Å². The third-order valence-corrected chi connectivity index (χ3v) is 3.88. The summed E-state index contributed by atoms with van der Waals surface area (Å²) in [5.74, 6) is 1.59. The topological polar surface area (TPSA) is 54.3 Å². The molecule has 0 saturated carbocycles. The fraction of sp³-hybridized carbons (Fsp3) is 0.353. The Morgan fingerprint density at radius 2 is 2.19 bits per heavy atom. The third kappa shape index (κ3) is 2.79. The van der Waals surface area contributed by atoms with Gasteiger partial charge in [0.05, 0.1) is 6.04 Å². The van der Waals surface area contributed by atoms with Crippen molar-refractivity contribution >= 4 is 11.6 Å². The first-order valence-corrected chi connectivity index (χ1v) is 7.38. The minimum absolute atomic E-state index is 0.0443. The summed E-state index contributed by atoms with van der Waals surface area (Å²) in [4.78, 5) is 12.5. The Kier molecular flexibility index (Phi) is 3.69. The summed E-state index contributed by atoms with van der Waals surface area (Å²) in [5, 5.41) is 6.36. The summed E-state index contributed by atoms with van der Waals surface area (Å²) < 4.78 is 5.57. The molecular formula is C17H20N2O2. The maximum atomic E-state index is 12.5. The normalized spacial score (nSPS) is 15.0. The summed E-state index contributed by atoms with van der Waals surface area (Å²) in [6, 6.07) is 9.52. The Hall–Kier alpha value is -2.23. The van der Waals surface area contributed by atoms with E-state index in [-0.39, 0.29) is 11.9 Å². The van der Waals surface area contributed by atoms with E-state index in [1.165, 1.54) is 0 Å². The van der Waals surface area contributed by atoms with Gasteiger partial charge in [-0.3, -0.25) is 4.79 Å². The van der Waals surface area contributed by atoms with E-state index in [9.17, 15) is 4.79 Å². The van der Waals surface area contributed by atoms with Crippen LogP contribution in [-0.2, 0) is 6.42 Å². The van der Waals surface area contributed by atoms with Gasteiger partial charge in [-0.2, -0.15) is 0 Å². The monoisotopic (exact) mass is 284 g/mol. The number of fused-ring (bicyclic) bond motifs is 1. The van der Waals surface area contributed by atoms with Crippen LogP contribution in [0.5, 0.6) is 0 Å². The van der Waals surface area contributed by atoms with Crippen molar-refractivity contribution in [3.05, 3.63) is 53.0 Å². The maximum absolute atomic E-state index is 12.5. The van der Waals surface area contributed by atoms with Gasteiger partial charge in [0, 0.05) is 17.8 Å². The van der Waals surface area contributed by atoms with E-state index in [2.05, 4.69) is 10.6 Å². The predicted octanol–water partition coefficient (Wildman–Crippen LogP) is 3.44. The SMILES string of the molecule is Cc1ccc(C(C)NC(=O)c2cccc3c2CCCN3)o1. The predicted molar refractivity (Wildman–Crippen MR) is 82.6 cm³/mol. The molecule has 1 atom stereocenters. The Morgan fingerprint density at radius 3 is 2.95 bits per heavy atom. The van der Waals surface area contributed by atoms with Gasteiger partial charge in [0.2, 0.25) is 0 Å². The third-order valence-electron chi connectivity index (χ3n) is 3.88. The smallest absolute Gasteiger partial charge is 0.252 e. The molecule has 1 amide bonds. The minimum Gasteiger partial charge on any atom is -0.464 e. The molecule has 4 nitrogen and oxygen atoms in total. The average Bonchev–Trinajstić information content (AvgIpc) is 2.93. The van der Waals surface area contributed by atoms with Gasteiger partial charge < -0.3 is 15.1 Å². The molecule has 2 heterocycles. The number of hydrogen-bond acceptors (Lipinski definition) is 3. The number of carbonyl (C=O) groups is 1. The van der Waals surface area contributed by atoms with Gasteiger partial charge in [0.15, 0.2) is 0 Å². The molecule has 1 aliphatic heterocycles. The lowest BCUT2D eigenvalue weighted by atomic mass is 9.97. The number of hydrogen-bond donors (Lipinski definition) is 2. The number of anilines is 1. The van der Waals surface area contributed by atoms with Crippen molar-refractivity contribution in [3.63, 3.8) is 0 Å². The van der Waals surface area contributed by atoms with Crippen molar-refractivity contribution < 1.29 is 9.21 Å². The van der Waals surface area contributed by atoms with Crippen LogP contribution in [0.1, 0.15) is 46.8 Å². The number of rotatable bonds is 3. The molecule has 2 N–H and O–H groups in total. The van der Waals surface area contributed by atoms with Gasteiger partial charge in [0.25, 0.3) is 5.91 Å². The number of amides is 1. The number of nitrogens with one attached hydrogen (secondary N) is 2. The van der Waals surface area contributed by atoms with Gasteiger partial charge >= 0.3 is 0 Å². The molecule has 0 fully saturated rings. The molecule has 21 heavy (non-hydrogen) atoms. The molecule has 1 aromatic carbocycles. The first kappa shape index (κ1) is 13.7. The zero-order valence-electron chi connectivity index (χ0n) is 12.4. The van der Waals surface area contributed by atoms with Crippen LogP contribution < -0.4 is 10.6 Å². The van der Waals surface area contributed by atoms with Gasteiger partial charge in [-0.05, 0) is 56.5 Å². The summed E-state index contributed by atoms with van der Waals surface area (Å²) in [6.07, 6.45) is 2.00. The molecule has 1 aromatic heterocycles. The van der Waals surface area contributed by atoms with Gasteiger partial charge in [0.1, 0.15) is 11.5 Å². The largest absolute Gasteiger partial charge is 0.464 e. The zero-order valence-corrected chi connectivity index (χ0v) is 12.4. The number of benzene rings is 1. The number of furan rings is 1.